The molecule has 0 bridgehead atoms. The highest BCUT2D eigenvalue weighted by atomic mass is 15.2. The van der Waals surface area contributed by atoms with Gasteiger partial charge in [0.25, 0.3) is 0 Å². The summed E-state index contributed by atoms with van der Waals surface area (Å²) in [6.45, 7) is 17.7. The minimum Gasteiger partial charge on any atom is -0.310 e. The van der Waals surface area contributed by atoms with Gasteiger partial charge in [-0.05, 0) is 148 Å². The van der Waals surface area contributed by atoms with Crippen molar-refractivity contribution in [3.8, 4) is 34.2 Å². The van der Waals surface area contributed by atoms with Gasteiger partial charge in [-0.15, -0.1) is 0 Å². The van der Waals surface area contributed by atoms with Gasteiger partial charge in [0.15, 0.2) is 17.5 Å². The molecular weight excluding hydrogens is 707 g/mol. The molecule has 7 aromatic carbocycles. The van der Waals surface area contributed by atoms with Crippen LogP contribution in [0.4, 0.5) is 34.1 Å². The topological polar surface area (TPSA) is 45.2 Å². The molecule has 8 rings (SSSR count). The number of hydrogen-bond donors (Lipinski definition) is 0. The monoisotopic (exact) mass is 755 g/mol. The lowest BCUT2D eigenvalue weighted by Gasteiger charge is -2.31. The molecule has 0 radical (unpaired) electrons. The quantitative estimate of drug-likeness (QED) is 0.147. The van der Waals surface area contributed by atoms with Crippen molar-refractivity contribution in [2.24, 2.45) is 0 Å². The van der Waals surface area contributed by atoms with Crippen molar-refractivity contribution in [1.29, 1.82) is 0 Å². The molecule has 8 aromatic rings. The smallest absolute Gasteiger partial charge is 0.164 e. The molecule has 0 aliphatic rings. The molecule has 58 heavy (non-hydrogen) atoms. The summed E-state index contributed by atoms with van der Waals surface area (Å²) in [5.74, 6) is 2.01. The van der Waals surface area contributed by atoms with E-state index in [0.29, 0.717) is 17.5 Å². The molecular formula is C53H49N5. The van der Waals surface area contributed by atoms with Crippen molar-refractivity contribution in [3.05, 3.63) is 196 Å². The predicted octanol–water partition coefficient (Wildman–Crippen LogP) is 14.3. The Kier molecular flexibility index (Phi) is 10.5. The maximum absolute atomic E-state index is 5.44. The first kappa shape index (κ1) is 38.0. The van der Waals surface area contributed by atoms with Crippen LogP contribution in [0.2, 0.25) is 0 Å². The van der Waals surface area contributed by atoms with Crippen LogP contribution in [0.3, 0.4) is 0 Å². The van der Waals surface area contributed by atoms with E-state index in [9.17, 15) is 0 Å². The Hall–Kier alpha value is -6.85. The molecule has 0 aliphatic carbocycles. The summed E-state index contributed by atoms with van der Waals surface area (Å²) in [6, 6.07) is 52.7. The normalized spacial score (nSPS) is 11.1. The zero-order chi connectivity index (χ0) is 40.5. The van der Waals surface area contributed by atoms with E-state index in [4.69, 9.17) is 15.0 Å². The third kappa shape index (κ3) is 6.83. The number of benzene rings is 7. The summed E-state index contributed by atoms with van der Waals surface area (Å²) in [6.07, 6.45) is 0. The van der Waals surface area contributed by atoms with Crippen LogP contribution in [-0.2, 0) is 0 Å². The first-order chi connectivity index (χ1) is 28.2. The van der Waals surface area contributed by atoms with Crippen LogP contribution >= 0.6 is 0 Å². The summed E-state index contributed by atoms with van der Waals surface area (Å²) < 4.78 is 0. The molecule has 0 spiro atoms. The second kappa shape index (κ2) is 16.0. The van der Waals surface area contributed by atoms with Crippen molar-refractivity contribution in [3.63, 3.8) is 0 Å². The average molecular weight is 756 g/mol. The van der Waals surface area contributed by atoms with Crippen molar-refractivity contribution < 1.29 is 0 Å². The highest BCUT2D eigenvalue weighted by Crippen LogP contribution is 2.46. The SMILES string of the molecule is Cc1c(C)c(N(c2ccccc2)c2ccccc2)c(C)c(C)c1-c1nc(-c2ccccc2)nc(-c2c(C)c(C)c(N(c3ccccc3)c3ccccc3)c(C)c2C)n1. The Morgan fingerprint density at radius 1 is 0.276 bits per heavy atom. The molecule has 1 heterocycles. The van der Waals surface area contributed by atoms with Crippen LogP contribution in [-0.4, -0.2) is 15.0 Å². The molecule has 1 aromatic heterocycles. The Morgan fingerprint density at radius 3 is 0.793 bits per heavy atom. The molecule has 0 saturated carbocycles. The van der Waals surface area contributed by atoms with Crippen molar-refractivity contribution in [2.75, 3.05) is 9.80 Å². The first-order valence-corrected chi connectivity index (χ1v) is 20.0. The van der Waals surface area contributed by atoms with E-state index in [0.717, 1.165) is 61.7 Å². The largest absolute Gasteiger partial charge is 0.310 e. The van der Waals surface area contributed by atoms with Crippen molar-refractivity contribution in [2.45, 2.75) is 55.4 Å². The number of para-hydroxylation sites is 4. The van der Waals surface area contributed by atoms with Gasteiger partial charge < -0.3 is 9.80 Å². The summed E-state index contributed by atoms with van der Waals surface area (Å²) in [4.78, 5) is 20.7. The number of anilines is 6. The highest BCUT2D eigenvalue weighted by Gasteiger charge is 2.27. The number of rotatable bonds is 9. The van der Waals surface area contributed by atoms with Gasteiger partial charge >= 0.3 is 0 Å². The standard InChI is InChI=1S/C53H49N5/c1-34-38(5)49(57(43-26-16-10-17-27-43)44-28-18-11-19-29-44)39(6)35(2)47(34)52-54-51(42-24-14-9-15-25-42)55-53(56-52)48-36(3)40(7)50(41(8)37(48)4)58(45-30-20-12-21-31-45)46-32-22-13-23-33-46/h9-33H,1-8H3. The molecule has 0 amide bonds. The van der Waals surface area contributed by atoms with Crippen LogP contribution in [0, 0.1) is 55.4 Å². The average Bonchev–Trinajstić information content (AvgIpc) is 3.27. The van der Waals surface area contributed by atoms with Crippen LogP contribution in [0.15, 0.2) is 152 Å². The van der Waals surface area contributed by atoms with Gasteiger partial charge in [0.1, 0.15) is 0 Å². The number of nitrogens with zero attached hydrogens (tertiary/aromatic N) is 5. The summed E-state index contributed by atoms with van der Waals surface area (Å²) in [5, 5.41) is 0. The minimum atomic E-state index is 0.655. The maximum atomic E-state index is 5.44. The van der Waals surface area contributed by atoms with Gasteiger partial charge in [-0.1, -0.05) is 103 Å². The molecule has 286 valence electrons. The molecule has 0 saturated heterocycles. The predicted molar refractivity (Wildman–Crippen MR) is 243 cm³/mol. The maximum Gasteiger partial charge on any atom is 0.164 e. The fraction of sp³-hybridized carbons (Fsp3) is 0.151. The second-order valence-electron chi connectivity index (χ2n) is 15.1. The zero-order valence-corrected chi connectivity index (χ0v) is 34.7. The Bertz CT molecular complexity index is 2420. The molecule has 5 nitrogen and oxygen atoms in total. The molecule has 0 N–H and O–H groups in total. The molecule has 0 unspecified atom stereocenters. The number of hydrogen-bond acceptors (Lipinski definition) is 5. The highest BCUT2D eigenvalue weighted by molar-refractivity contribution is 5.88. The zero-order valence-electron chi connectivity index (χ0n) is 34.7. The third-order valence-corrected chi connectivity index (χ3v) is 11.8. The Balaban J connectivity index is 1.35. The van der Waals surface area contributed by atoms with E-state index in [2.05, 4.69) is 199 Å². The molecule has 5 heteroatoms. The van der Waals surface area contributed by atoms with E-state index in [1.807, 2.05) is 18.2 Å². The lowest BCUT2D eigenvalue weighted by atomic mass is 9.89. The summed E-state index contributed by atoms with van der Waals surface area (Å²) in [5.41, 5.74) is 19.1. The van der Waals surface area contributed by atoms with Crippen molar-refractivity contribution >= 4 is 34.1 Å². The third-order valence-electron chi connectivity index (χ3n) is 11.8. The van der Waals surface area contributed by atoms with Crippen LogP contribution < -0.4 is 9.80 Å². The Labute approximate surface area is 343 Å². The second-order valence-corrected chi connectivity index (χ2v) is 15.1. The van der Waals surface area contributed by atoms with E-state index in [1.54, 1.807) is 0 Å². The van der Waals surface area contributed by atoms with E-state index in [-0.39, 0.29) is 0 Å². The van der Waals surface area contributed by atoms with Gasteiger partial charge in [0, 0.05) is 39.4 Å². The fourth-order valence-corrected chi connectivity index (χ4v) is 8.37. The lowest BCUT2D eigenvalue weighted by molar-refractivity contribution is 1.05. The first-order valence-electron chi connectivity index (χ1n) is 20.0. The van der Waals surface area contributed by atoms with Gasteiger partial charge in [-0.25, -0.2) is 15.0 Å². The molecule has 0 atom stereocenters. The van der Waals surface area contributed by atoms with E-state index < -0.39 is 0 Å². The van der Waals surface area contributed by atoms with E-state index in [1.165, 1.54) is 33.6 Å². The lowest BCUT2D eigenvalue weighted by Crippen LogP contribution is -2.16. The summed E-state index contributed by atoms with van der Waals surface area (Å²) in [7, 11) is 0. The molecule has 0 aliphatic heterocycles. The minimum absolute atomic E-state index is 0.655. The van der Waals surface area contributed by atoms with Gasteiger partial charge in [0.05, 0.1) is 11.4 Å². The van der Waals surface area contributed by atoms with Crippen LogP contribution in [0.25, 0.3) is 34.2 Å². The summed E-state index contributed by atoms with van der Waals surface area (Å²) >= 11 is 0. The molecule has 0 fully saturated rings. The fourth-order valence-electron chi connectivity index (χ4n) is 8.37. The van der Waals surface area contributed by atoms with Gasteiger partial charge in [0.2, 0.25) is 0 Å². The van der Waals surface area contributed by atoms with Crippen LogP contribution in [0.1, 0.15) is 44.5 Å². The van der Waals surface area contributed by atoms with Crippen LogP contribution in [0.5, 0.6) is 0 Å². The Morgan fingerprint density at radius 2 is 0.517 bits per heavy atom. The van der Waals surface area contributed by atoms with Gasteiger partial charge in [-0.2, -0.15) is 0 Å². The van der Waals surface area contributed by atoms with E-state index >= 15 is 0 Å². The van der Waals surface area contributed by atoms with Gasteiger partial charge in [-0.3, -0.25) is 0 Å². The number of aromatic nitrogens is 3. The van der Waals surface area contributed by atoms with Crippen molar-refractivity contribution in [1.82, 2.24) is 15.0 Å².